The quantitative estimate of drug-likeness (QED) is 0.461. The standard InChI is InChI=1S/C15H23N3O3/c1-20-13-8-11-5-7-18(6-3-4-15(19)17-16)10-12(11)9-14(13)21-2/h8-9H,3-7,10,16H2,1-2H3,(H,17,19). The summed E-state index contributed by atoms with van der Waals surface area (Å²) in [4.78, 5) is 13.5. The summed E-state index contributed by atoms with van der Waals surface area (Å²) in [7, 11) is 3.30. The van der Waals surface area contributed by atoms with Crippen LogP contribution in [0.25, 0.3) is 0 Å². The van der Waals surface area contributed by atoms with Crippen molar-refractivity contribution in [1.82, 2.24) is 10.3 Å². The van der Waals surface area contributed by atoms with Gasteiger partial charge in [-0.15, -0.1) is 0 Å². The lowest BCUT2D eigenvalue weighted by Gasteiger charge is -2.29. The molecule has 0 unspecified atom stereocenters. The lowest BCUT2D eigenvalue weighted by molar-refractivity contribution is -0.121. The van der Waals surface area contributed by atoms with Gasteiger partial charge in [-0.05, 0) is 42.6 Å². The van der Waals surface area contributed by atoms with Crippen LogP contribution in [0.2, 0.25) is 0 Å². The molecule has 2 rings (SSSR count). The highest BCUT2D eigenvalue weighted by Gasteiger charge is 2.19. The predicted molar refractivity (Wildman–Crippen MR) is 80.1 cm³/mol. The van der Waals surface area contributed by atoms with Crippen LogP contribution in [0.4, 0.5) is 0 Å². The van der Waals surface area contributed by atoms with Crippen LogP contribution in [-0.4, -0.2) is 38.1 Å². The molecule has 1 aromatic carbocycles. The van der Waals surface area contributed by atoms with Crippen LogP contribution in [0.15, 0.2) is 12.1 Å². The highest BCUT2D eigenvalue weighted by Crippen LogP contribution is 2.33. The topological polar surface area (TPSA) is 76.8 Å². The molecular formula is C15H23N3O3. The molecule has 1 aliphatic heterocycles. The number of carbonyl (C=O) groups is 1. The number of fused-ring (bicyclic) bond motifs is 1. The number of nitrogens with two attached hydrogens (primary N) is 1. The predicted octanol–water partition coefficient (Wildman–Crippen LogP) is 0.832. The maximum absolute atomic E-state index is 11.1. The summed E-state index contributed by atoms with van der Waals surface area (Å²) >= 11 is 0. The average molecular weight is 293 g/mol. The Kier molecular flexibility index (Phi) is 5.41. The van der Waals surface area contributed by atoms with Gasteiger partial charge in [-0.2, -0.15) is 0 Å². The van der Waals surface area contributed by atoms with Crippen LogP contribution in [0.5, 0.6) is 11.5 Å². The SMILES string of the molecule is COc1cc2c(cc1OC)CN(CCCC(=O)NN)CC2. The first-order valence-electron chi connectivity index (χ1n) is 7.13. The lowest BCUT2D eigenvalue weighted by atomic mass is 9.98. The van der Waals surface area contributed by atoms with E-state index in [0.29, 0.717) is 6.42 Å². The van der Waals surface area contributed by atoms with Gasteiger partial charge in [0.1, 0.15) is 0 Å². The summed E-state index contributed by atoms with van der Waals surface area (Å²) in [6.07, 6.45) is 2.26. The summed E-state index contributed by atoms with van der Waals surface area (Å²) in [6.45, 7) is 2.76. The summed E-state index contributed by atoms with van der Waals surface area (Å²) in [5.74, 6) is 6.51. The molecule has 0 bridgehead atoms. The number of hydrogen-bond acceptors (Lipinski definition) is 5. The first kappa shape index (κ1) is 15.6. The van der Waals surface area contributed by atoms with Crippen LogP contribution in [0.1, 0.15) is 24.0 Å². The Labute approximate surface area is 125 Å². The number of rotatable bonds is 6. The molecule has 1 aromatic rings. The van der Waals surface area contributed by atoms with Gasteiger partial charge in [-0.1, -0.05) is 0 Å². The maximum Gasteiger partial charge on any atom is 0.233 e. The fourth-order valence-electron chi connectivity index (χ4n) is 2.67. The van der Waals surface area contributed by atoms with Gasteiger partial charge >= 0.3 is 0 Å². The number of methoxy groups -OCH3 is 2. The van der Waals surface area contributed by atoms with Gasteiger partial charge in [0.05, 0.1) is 14.2 Å². The second kappa shape index (κ2) is 7.28. The van der Waals surface area contributed by atoms with E-state index in [9.17, 15) is 4.79 Å². The summed E-state index contributed by atoms with van der Waals surface area (Å²) < 4.78 is 10.7. The van der Waals surface area contributed by atoms with Crippen molar-refractivity contribution in [2.75, 3.05) is 27.3 Å². The highest BCUT2D eigenvalue weighted by molar-refractivity contribution is 5.75. The van der Waals surface area contributed by atoms with Crippen molar-refractivity contribution < 1.29 is 14.3 Å². The van der Waals surface area contributed by atoms with Crippen molar-refractivity contribution >= 4 is 5.91 Å². The maximum atomic E-state index is 11.1. The number of ether oxygens (including phenoxy) is 2. The molecule has 3 N–H and O–H groups in total. The van der Waals surface area contributed by atoms with Crippen molar-refractivity contribution in [2.24, 2.45) is 5.84 Å². The second-order valence-electron chi connectivity index (χ2n) is 5.17. The molecule has 1 aliphatic rings. The molecule has 0 aliphatic carbocycles. The number of nitrogens with one attached hydrogen (secondary N) is 1. The Balaban J connectivity index is 1.98. The van der Waals surface area contributed by atoms with Crippen LogP contribution >= 0.6 is 0 Å². The number of amides is 1. The van der Waals surface area contributed by atoms with E-state index in [-0.39, 0.29) is 5.91 Å². The van der Waals surface area contributed by atoms with Crippen LogP contribution in [-0.2, 0) is 17.8 Å². The van der Waals surface area contributed by atoms with Gasteiger partial charge < -0.3 is 9.47 Å². The molecule has 0 fully saturated rings. The molecule has 0 spiro atoms. The first-order chi connectivity index (χ1) is 10.2. The third kappa shape index (κ3) is 3.86. The monoisotopic (exact) mass is 293 g/mol. The van der Waals surface area contributed by atoms with Crippen molar-refractivity contribution in [3.05, 3.63) is 23.3 Å². The molecule has 1 amide bonds. The number of hydrazine groups is 1. The normalized spacial score (nSPS) is 14.4. The molecule has 1 heterocycles. The van der Waals surface area contributed by atoms with E-state index in [4.69, 9.17) is 15.3 Å². The Hall–Kier alpha value is -1.79. The van der Waals surface area contributed by atoms with E-state index >= 15 is 0 Å². The van der Waals surface area contributed by atoms with Crippen LogP contribution in [0.3, 0.4) is 0 Å². The molecule has 0 saturated carbocycles. The van der Waals surface area contributed by atoms with Gasteiger partial charge in [-0.25, -0.2) is 5.84 Å². The largest absolute Gasteiger partial charge is 0.493 e. The Bertz CT molecular complexity index is 505. The molecule has 116 valence electrons. The van der Waals surface area contributed by atoms with E-state index in [1.165, 1.54) is 11.1 Å². The molecule has 6 nitrogen and oxygen atoms in total. The van der Waals surface area contributed by atoms with E-state index in [1.54, 1.807) is 14.2 Å². The smallest absolute Gasteiger partial charge is 0.233 e. The molecule has 0 saturated heterocycles. The minimum absolute atomic E-state index is 0.112. The number of nitrogens with zero attached hydrogens (tertiary/aromatic N) is 1. The zero-order valence-electron chi connectivity index (χ0n) is 12.6. The van der Waals surface area contributed by atoms with Gasteiger partial charge in [0.2, 0.25) is 5.91 Å². The minimum Gasteiger partial charge on any atom is -0.493 e. The Morgan fingerprint density at radius 2 is 1.95 bits per heavy atom. The van der Waals surface area contributed by atoms with Gasteiger partial charge in [0.15, 0.2) is 11.5 Å². The zero-order valence-corrected chi connectivity index (χ0v) is 12.6. The van der Waals surface area contributed by atoms with Crippen molar-refractivity contribution in [1.29, 1.82) is 0 Å². The molecular weight excluding hydrogens is 270 g/mol. The highest BCUT2D eigenvalue weighted by atomic mass is 16.5. The Morgan fingerprint density at radius 1 is 1.29 bits per heavy atom. The van der Waals surface area contributed by atoms with E-state index in [1.807, 2.05) is 6.07 Å². The number of carbonyl (C=O) groups excluding carboxylic acids is 1. The second-order valence-corrected chi connectivity index (χ2v) is 5.17. The van der Waals surface area contributed by atoms with E-state index < -0.39 is 0 Å². The van der Waals surface area contributed by atoms with E-state index in [2.05, 4.69) is 16.4 Å². The first-order valence-corrected chi connectivity index (χ1v) is 7.13. The van der Waals surface area contributed by atoms with Crippen molar-refractivity contribution in [3.8, 4) is 11.5 Å². The summed E-state index contributed by atoms with van der Waals surface area (Å²) in [6, 6.07) is 4.11. The lowest BCUT2D eigenvalue weighted by Crippen LogP contribution is -2.33. The molecule has 21 heavy (non-hydrogen) atoms. The van der Waals surface area contributed by atoms with Crippen LogP contribution in [0, 0.1) is 0 Å². The third-order valence-electron chi connectivity index (χ3n) is 3.84. The molecule has 0 atom stereocenters. The van der Waals surface area contributed by atoms with Crippen molar-refractivity contribution in [3.63, 3.8) is 0 Å². The molecule has 0 radical (unpaired) electrons. The Morgan fingerprint density at radius 3 is 2.57 bits per heavy atom. The molecule has 0 aromatic heterocycles. The summed E-state index contributed by atoms with van der Waals surface area (Å²) in [5.41, 5.74) is 4.73. The van der Waals surface area contributed by atoms with Gasteiger partial charge in [-0.3, -0.25) is 15.1 Å². The zero-order chi connectivity index (χ0) is 15.2. The van der Waals surface area contributed by atoms with Gasteiger partial charge in [0.25, 0.3) is 0 Å². The molecule has 6 heteroatoms. The van der Waals surface area contributed by atoms with E-state index in [0.717, 1.165) is 44.0 Å². The van der Waals surface area contributed by atoms with Gasteiger partial charge in [0, 0.05) is 19.5 Å². The third-order valence-corrected chi connectivity index (χ3v) is 3.84. The number of benzene rings is 1. The average Bonchev–Trinajstić information content (AvgIpc) is 2.53. The minimum atomic E-state index is -0.112. The van der Waals surface area contributed by atoms with Crippen molar-refractivity contribution in [2.45, 2.75) is 25.8 Å². The van der Waals surface area contributed by atoms with Crippen LogP contribution < -0.4 is 20.7 Å². The summed E-state index contributed by atoms with van der Waals surface area (Å²) in [5, 5.41) is 0. The fraction of sp³-hybridized carbons (Fsp3) is 0.533. The number of hydrogen-bond donors (Lipinski definition) is 2. The fourth-order valence-corrected chi connectivity index (χ4v) is 2.67.